The van der Waals surface area contributed by atoms with E-state index in [1.165, 1.54) is 30.4 Å². The number of nitrogens with one attached hydrogen (secondary N) is 2. The van der Waals surface area contributed by atoms with Crippen molar-refractivity contribution in [1.29, 1.82) is 0 Å². The third-order valence-electron chi connectivity index (χ3n) is 5.06. The molecule has 0 unspecified atom stereocenters. The summed E-state index contributed by atoms with van der Waals surface area (Å²) in [6.45, 7) is 5.62. The summed E-state index contributed by atoms with van der Waals surface area (Å²) in [5, 5.41) is 6.75. The molecule has 2 aromatic rings. The fourth-order valence-corrected chi connectivity index (χ4v) is 3.45. The van der Waals surface area contributed by atoms with Crippen molar-refractivity contribution < 1.29 is 4.74 Å². The zero-order valence-corrected chi connectivity index (χ0v) is 17.2. The van der Waals surface area contributed by atoms with Crippen LogP contribution >= 0.6 is 0 Å². The highest BCUT2D eigenvalue weighted by Crippen LogP contribution is 2.20. The van der Waals surface area contributed by atoms with Crippen molar-refractivity contribution in [2.24, 2.45) is 4.99 Å². The Morgan fingerprint density at radius 3 is 2.64 bits per heavy atom. The van der Waals surface area contributed by atoms with Gasteiger partial charge in [0, 0.05) is 45.0 Å². The minimum Gasteiger partial charge on any atom is -0.496 e. The number of methoxy groups -OCH3 is 1. The van der Waals surface area contributed by atoms with Gasteiger partial charge in [0.2, 0.25) is 0 Å². The quantitative estimate of drug-likeness (QED) is 0.594. The van der Waals surface area contributed by atoms with Crippen LogP contribution in [0.25, 0.3) is 0 Å². The van der Waals surface area contributed by atoms with Gasteiger partial charge in [-0.25, -0.2) is 4.98 Å². The minimum atomic E-state index is 0.651. The molecule has 0 radical (unpaired) electrons. The molecule has 1 saturated heterocycles. The van der Waals surface area contributed by atoms with E-state index in [0.29, 0.717) is 13.1 Å². The van der Waals surface area contributed by atoms with Gasteiger partial charge in [-0.05, 0) is 55.5 Å². The van der Waals surface area contributed by atoms with Crippen LogP contribution in [-0.4, -0.2) is 38.2 Å². The van der Waals surface area contributed by atoms with Crippen molar-refractivity contribution in [2.75, 3.05) is 32.1 Å². The van der Waals surface area contributed by atoms with Gasteiger partial charge in [0.05, 0.1) is 7.11 Å². The molecule has 1 aromatic heterocycles. The number of aryl methyl sites for hydroxylation is 1. The second kappa shape index (κ2) is 9.97. The Morgan fingerprint density at radius 2 is 1.89 bits per heavy atom. The van der Waals surface area contributed by atoms with Crippen LogP contribution in [0.3, 0.4) is 0 Å². The Balaban J connectivity index is 1.56. The summed E-state index contributed by atoms with van der Waals surface area (Å²) in [7, 11) is 3.49. The lowest BCUT2D eigenvalue weighted by molar-refractivity contribution is 0.408. The average molecular weight is 382 g/mol. The van der Waals surface area contributed by atoms with Gasteiger partial charge >= 0.3 is 0 Å². The molecule has 28 heavy (non-hydrogen) atoms. The van der Waals surface area contributed by atoms with Gasteiger partial charge in [-0.2, -0.15) is 0 Å². The summed E-state index contributed by atoms with van der Waals surface area (Å²) in [5.74, 6) is 2.73. The van der Waals surface area contributed by atoms with E-state index >= 15 is 0 Å². The molecule has 2 N–H and O–H groups in total. The van der Waals surface area contributed by atoms with E-state index in [4.69, 9.17) is 4.74 Å². The molecule has 2 heterocycles. The first kappa shape index (κ1) is 20.0. The van der Waals surface area contributed by atoms with E-state index in [0.717, 1.165) is 36.2 Å². The second-order valence-corrected chi connectivity index (χ2v) is 7.16. The summed E-state index contributed by atoms with van der Waals surface area (Å²) in [6.07, 6.45) is 5.73. The summed E-state index contributed by atoms with van der Waals surface area (Å²) < 4.78 is 5.48. The van der Waals surface area contributed by atoms with Crippen LogP contribution in [0, 0.1) is 6.92 Å². The molecule has 1 aromatic carbocycles. The number of anilines is 1. The summed E-state index contributed by atoms with van der Waals surface area (Å²) in [5.41, 5.74) is 3.49. The Bertz CT molecular complexity index is 799. The fourth-order valence-electron chi connectivity index (χ4n) is 3.45. The zero-order valence-electron chi connectivity index (χ0n) is 17.2. The second-order valence-electron chi connectivity index (χ2n) is 7.16. The van der Waals surface area contributed by atoms with Crippen molar-refractivity contribution in [1.82, 2.24) is 15.6 Å². The van der Waals surface area contributed by atoms with Crippen molar-refractivity contribution in [2.45, 2.75) is 39.3 Å². The molecule has 0 saturated carbocycles. The molecule has 0 aliphatic carbocycles. The molecule has 3 rings (SSSR count). The number of ether oxygens (including phenoxy) is 1. The van der Waals surface area contributed by atoms with Crippen molar-refractivity contribution in [3.63, 3.8) is 0 Å². The minimum absolute atomic E-state index is 0.651. The van der Waals surface area contributed by atoms with Gasteiger partial charge in [-0.15, -0.1) is 0 Å². The number of hydrogen-bond donors (Lipinski definition) is 2. The number of nitrogens with zero attached hydrogens (tertiary/aromatic N) is 3. The molecule has 1 aliphatic heterocycles. The Hall–Kier alpha value is -2.76. The number of piperidine rings is 1. The highest BCUT2D eigenvalue weighted by atomic mass is 16.5. The van der Waals surface area contributed by atoms with Crippen molar-refractivity contribution >= 4 is 11.8 Å². The van der Waals surface area contributed by atoms with Crippen LogP contribution in [0.4, 0.5) is 5.82 Å². The Labute approximate surface area is 168 Å². The maximum Gasteiger partial charge on any atom is 0.191 e. The normalized spacial score (nSPS) is 14.7. The van der Waals surface area contributed by atoms with E-state index in [1.807, 2.05) is 12.3 Å². The molecule has 1 aliphatic rings. The molecule has 6 heteroatoms. The number of benzene rings is 1. The summed E-state index contributed by atoms with van der Waals surface area (Å²) >= 11 is 0. The average Bonchev–Trinajstić information content (AvgIpc) is 2.75. The van der Waals surface area contributed by atoms with Crippen LogP contribution in [0.2, 0.25) is 0 Å². The fraction of sp³-hybridized carbons (Fsp3) is 0.455. The summed E-state index contributed by atoms with van der Waals surface area (Å²) in [6, 6.07) is 10.5. The van der Waals surface area contributed by atoms with Gasteiger partial charge in [-0.3, -0.25) is 4.99 Å². The molecule has 1 fully saturated rings. The molecule has 6 nitrogen and oxygen atoms in total. The molecular weight excluding hydrogens is 350 g/mol. The number of aromatic nitrogens is 1. The Kier molecular flexibility index (Phi) is 7.12. The third-order valence-corrected chi connectivity index (χ3v) is 5.06. The molecule has 0 spiro atoms. The van der Waals surface area contributed by atoms with Crippen LogP contribution in [0.15, 0.2) is 41.5 Å². The van der Waals surface area contributed by atoms with E-state index < -0.39 is 0 Å². The van der Waals surface area contributed by atoms with Gasteiger partial charge in [0.1, 0.15) is 11.6 Å². The number of guanidine groups is 1. The number of pyridine rings is 1. The lowest BCUT2D eigenvalue weighted by atomic mass is 10.1. The maximum absolute atomic E-state index is 5.48. The van der Waals surface area contributed by atoms with E-state index in [2.05, 4.69) is 56.7 Å². The first-order valence-corrected chi connectivity index (χ1v) is 9.97. The highest BCUT2D eigenvalue weighted by molar-refractivity contribution is 5.79. The van der Waals surface area contributed by atoms with Crippen LogP contribution in [0.1, 0.15) is 36.0 Å². The van der Waals surface area contributed by atoms with Crippen molar-refractivity contribution in [3.05, 3.63) is 53.2 Å². The Morgan fingerprint density at radius 1 is 1.11 bits per heavy atom. The molecule has 0 bridgehead atoms. The largest absolute Gasteiger partial charge is 0.496 e. The molecule has 0 amide bonds. The number of aliphatic imine (C=N–C) groups is 1. The predicted octanol–water partition coefficient (Wildman–Crippen LogP) is 3.25. The van der Waals surface area contributed by atoms with Crippen molar-refractivity contribution in [3.8, 4) is 5.75 Å². The van der Waals surface area contributed by atoms with Crippen LogP contribution in [0.5, 0.6) is 5.75 Å². The summed E-state index contributed by atoms with van der Waals surface area (Å²) in [4.78, 5) is 11.3. The van der Waals surface area contributed by atoms with E-state index in [1.54, 1.807) is 14.2 Å². The van der Waals surface area contributed by atoms with Crippen LogP contribution < -0.4 is 20.3 Å². The van der Waals surface area contributed by atoms with Gasteiger partial charge in [0.15, 0.2) is 5.96 Å². The lowest BCUT2D eigenvalue weighted by Crippen LogP contribution is -2.36. The standard InChI is InChI=1S/C22H31N5O/c1-17-7-8-19(20(13-17)28-3)16-26-22(23-2)25-15-18-9-10-24-21(14-18)27-11-5-4-6-12-27/h7-10,13-14H,4-6,11-12,15-16H2,1-3H3,(H2,23,25,26). The first-order chi connectivity index (χ1) is 13.7. The number of rotatable bonds is 6. The smallest absolute Gasteiger partial charge is 0.191 e. The third kappa shape index (κ3) is 5.38. The molecular formula is C22H31N5O. The predicted molar refractivity (Wildman–Crippen MR) is 115 cm³/mol. The SMILES string of the molecule is CN=C(NCc1ccnc(N2CCCCC2)c1)NCc1ccc(C)cc1OC. The molecule has 150 valence electrons. The lowest BCUT2D eigenvalue weighted by Gasteiger charge is -2.28. The van der Waals surface area contributed by atoms with Gasteiger partial charge in [-0.1, -0.05) is 12.1 Å². The van der Waals surface area contributed by atoms with Gasteiger partial charge < -0.3 is 20.3 Å². The molecule has 0 atom stereocenters. The van der Waals surface area contributed by atoms with E-state index in [9.17, 15) is 0 Å². The zero-order chi connectivity index (χ0) is 19.8. The van der Waals surface area contributed by atoms with Crippen LogP contribution in [-0.2, 0) is 13.1 Å². The topological polar surface area (TPSA) is 61.8 Å². The van der Waals surface area contributed by atoms with Gasteiger partial charge in [0.25, 0.3) is 0 Å². The maximum atomic E-state index is 5.48. The monoisotopic (exact) mass is 381 g/mol. The number of hydrogen-bond acceptors (Lipinski definition) is 4. The van der Waals surface area contributed by atoms with E-state index in [-0.39, 0.29) is 0 Å². The first-order valence-electron chi connectivity index (χ1n) is 9.97. The highest BCUT2D eigenvalue weighted by Gasteiger charge is 2.12.